The highest BCUT2D eigenvalue weighted by atomic mass is 16.5. The van der Waals surface area contributed by atoms with Crippen LogP contribution in [0.15, 0.2) is 18.2 Å². The highest BCUT2D eigenvalue weighted by molar-refractivity contribution is 5.42. The summed E-state index contributed by atoms with van der Waals surface area (Å²) in [5, 5.41) is 10.4. The predicted molar refractivity (Wildman–Crippen MR) is 68.7 cm³/mol. The van der Waals surface area contributed by atoms with E-state index in [2.05, 4.69) is 19.9 Å². The molecule has 0 bridgehead atoms. The van der Waals surface area contributed by atoms with Gasteiger partial charge in [0.25, 0.3) is 0 Å². The van der Waals surface area contributed by atoms with Crippen molar-refractivity contribution < 1.29 is 14.6 Å². The van der Waals surface area contributed by atoms with Crippen LogP contribution in [-0.2, 0) is 11.2 Å². The van der Waals surface area contributed by atoms with Crippen molar-refractivity contribution in [2.45, 2.75) is 38.4 Å². The lowest BCUT2D eigenvalue weighted by Gasteiger charge is -2.17. The third kappa shape index (κ3) is 2.13. The number of hydrogen-bond acceptors (Lipinski definition) is 3. The van der Waals surface area contributed by atoms with E-state index in [1.165, 1.54) is 5.56 Å². The van der Waals surface area contributed by atoms with E-state index in [4.69, 9.17) is 9.47 Å². The molecule has 0 amide bonds. The maximum Gasteiger partial charge on any atom is 0.123 e. The number of rotatable bonds is 2. The molecule has 0 saturated carbocycles. The van der Waals surface area contributed by atoms with Gasteiger partial charge in [0, 0.05) is 18.9 Å². The molecule has 98 valence electrons. The van der Waals surface area contributed by atoms with Crippen LogP contribution >= 0.6 is 0 Å². The lowest BCUT2D eigenvalue weighted by molar-refractivity contribution is 0.0917. The van der Waals surface area contributed by atoms with E-state index in [9.17, 15) is 5.11 Å². The van der Waals surface area contributed by atoms with E-state index >= 15 is 0 Å². The summed E-state index contributed by atoms with van der Waals surface area (Å²) in [6.07, 6.45) is 1.44. The molecule has 18 heavy (non-hydrogen) atoms. The molecule has 3 rings (SSSR count). The van der Waals surface area contributed by atoms with E-state index in [0.29, 0.717) is 6.61 Å². The third-order valence-electron chi connectivity index (χ3n) is 3.84. The number of aliphatic hydroxyl groups is 1. The van der Waals surface area contributed by atoms with Crippen LogP contribution in [0.1, 0.15) is 37.5 Å². The molecule has 2 aliphatic rings. The Kier molecular flexibility index (Phi) is 2.83. The molecule has 2 unspecified atom stereocenters. The Morgan fingerprint density at radius 1 is 1.39 bits per heavy atom. The number of aliphatic hydroxyl groups excluding tert-OH is 1. The summed E-state index contributed by atoms with van der Waals surface area (Å²) in [5.41, 5.74) is 2.07. The summed E-state index contributed by atoms with van der Waals surface area (Å²) < 4.78 is 11.2. The van der Waals surface area contributed by atoms with Gasteiger partial charge >= 0.3 is 0 Å². The average Bonchev–Trinajstić information content (AvgIpc) is 2.91. The maximum atomic E-state index is 10.4. The Balaban J connectivity index is 1.83. The molecular formula is C15H20O3. The average molecular weight is 248 g/mol. The molecule has 0 aliphatic carbocycles. The molecular weight excluding hydrogens is 228 g/mol. The summed E-state index contributed by atoms with van der Waals surface area (Å²) in [6, 6.07) is 6.05. The van der Waals surface area contributed by atoms with Crippen LogP contribution in [0.3, 0.4) is 0 Å². The standard InChI is InChI=1S/C15H20O3/c1-15(2)8-12-7-10(3-4-13(12)18-15)14(16)11-5-6-17-9-11/h3-4,7,11,14,16H,5-6,8-9H2,1-2H3. The lowest BCUT2D eigenvalue weighted by Crippen LogP contribution is -2.24. The second kappa shape index (κ2) is 4.25. The molecule has 1 fully saturated rings. The molecule has 0 spiro atoms. The van der Waals surface area contributed by atoms with E-state index in [0.717, 1.165) is 30.8 Å². The van der Waals surface area contributed by atoms with E-state index in [1.54, 1.807) is 0 Å². The largest absolute Gasteiger partial charge is 0.487 e. The van der Waals surface area contributed by atoms with Crippen molar-refractivity contribution in [2.75, 3.05) is 13.2 Å². The summed E-state index contributed by atoms with van der Waals surface area (Å²) in [4.78, 5) is 0. The third-order valence-corrected chi connectivity index (χ3v) is 3.84. The van der Waals surface area contributed by atoms with E-state index < -0.39 is 6.10 Å². The summed E-state index contributed by atoms with van der Waals surface area (Å²) in [5.74, 6) is 1.19. The van der Waals surface area contributed by atoms with Gasteiger partial charge in [0.1, 0.15) is 11.4 Å². The smallest absolute Gasteiger partial charge is 0.123 e. The van der Waals surface area contributed by atoms with Crippen molar-refractivity contribution in [2.24, 2.45) is 5.92 Å². The number of hydrogen-bond donors (Lipinski definition) is 1. The first-order valence-corrected chi connectivity index (χ1v) is 6.63. The molecule has 2 aliphatic heterocycles. The Labute approximate surface area is 108 Å². The minimum Gasteiger partial charge on any atom is -0.487 e. The van der Waals surface area contributed by atoms with E-state index in [-0.39, 0.29) is 11.5 Å². The first kappa shape index (κ1) is 12.0. The lowest BCUT2D eigenvalue weighted by atomic mass is 9.92. The first-order chi connectivity index (χ1) is 8.55. The fraction of sp³-hybridized carbons (Fsp3) is 0.600. The van der Waals surface area contributed by atoms with Crippen molar-refractivity contribution in [3.05, 3.63) is 29.3 Å². The van der Waals surface area contributed by atoms with Gasteiger partial charge in [-0.05, 0) is 43.5 Å². The zero-order valence-electron chi connectivity index (χ0n) is 11.0. The highest BCUT2D eigenvalue weighted by Gasteiger charge is 2.31. The minimum atomic E-state index is -0.415. The molecule has 3 heteroatoms. The van der Waals surface area contributed by atoms with Gasteiger partial charge < -0.3 is 14.6 Å². The zero-order valence-corrected chi connectivity index (χ0v) is 11.0. The zero-order chi connectivity index (χ0) is 12.8. The number of benzene rings is 1. The highest BCUT2D eigenvalue weighted by Crippen LogP contribution is 2.38. The Bertz CT molecular complexity index is 447. The topological polar surface area (TPSA) is 38.7 Å². The normalized spacial score (nSPS) is 26.7. The van der Waals surface area contributed by atoms with E-state index in [1.807, 2.05) is 12.1 Å². The van der Waals surface area contributed by atoms with Crippen molar-refractivity contribution in [3.8, 4) is 5.75 Å². The maximum absolute atomic E-state index is 10.4. The summed E-state index contributed by atoms with van der Waals surface area (Å²) >= 11 is 0. The van der Waals surface area contributed by atoms with Crippen molar-refractivity contribution in [3.63, 3.8) is 0 Å². The van der Waals surface area contributed by atoms with Crippen LogP contribution in [0.25, 0.3) is 0 Å². The predicted octanol–water partition coefficient (Wildman–Crippen LogP) is 2.47. The summed E-state index contributed by atoms with van der Waals surface area (Å²) in [6.45, 7) is 5.62. The van der Waals surface area contributed by atoms with Crippen molar-refractivity contribution in [1.29, 1.82) is 0 Å². The molecule has 1 aromatic rings. The quantitative estimate of drug-likeness (QED) is 0.873. The monoisotopic (exact) mass is 248 g/mol. The number of ether oxygens (including phenoxy) is 2. The van der Waals surface area contributed by atoms with Gasteiger partial charge in [-0.2, -0.15) is 0 Å². The Morgan fingerprint density at radius 3 is 2.94 bits per heavy atom. The van der Waals surface area contributed by atoms with Crippen molar-refractivity contribution >= 4 is 0 Å². The molecule has 0 aromatic heterocycles. The van der Waals surface area contributed by atoms with Gasteiger partial charge in [-0.25, -0.2) is 0 Å². The van der Waals surface area contributed by atoms with Gasteiger partial charge in [-0.3, -0.25) is 0 Å². The molecule has 3 nitrogen and oxygen atoms in total. The van der Waals surface area contributed by atoms with Crippen LogP contribution in [0.2, 0.25) is 0 Å². The van der Waals surface area contributed by atoms with Gasteiger partial charge in [-0.1, -0.05) is 6.07 Å². The Morgan fingerprint density at radius 2 is 2.22 bits per heavy atom. The Hall–Kier alpha value is -1.06. The van der Waals surface area contributed by atoms with Gasteiger partial charge in [0.15, 0.2) is 0 Å². The van der Waals surface area contributed by atoms with Crippen LogP contribution in [0.4, 0.5) is 0 Å². The van der Waals surface area contributed by atoms with Crippen LogP contribution in [-0.4, -0.2) is 23.9 Å². The SMILES string of the molecule is CC1(C)Cc2cc(C(O)C3CCOC3)ccc2O1. The fourth-order valence-corrected chi connectivity index (χ4v) is 2.89. The van der Waals surface area contributed by atoms with Gasteiger partial charge in [-0.15, -0.1) is 0 Å². The fourth-order valence-electron chi connectivity index (χ4n) is 2.89. The molecule has 2 atom stereocenters. The summed E-state index contributed by atoms with van der Waals surface area (Å²) in [7, 11) is 0. The molecule has 1 saturated heterocycles. The second-order valence-electron chi connectivity index (χ2n) is 5.97. The van der Waals surface area contributed by atoms with Crippen molar-refractivity contribution in [1.82, 2.24) is 0 Å². The van der Waals surface area contributed by atoms with Crippen LogP contribution in [0.5, 0.6) is 5.75 Å². The van der Waals surface area contributed by atoms with Crippen LogP contribution in [0, 0.1) is 5.92 Å². The van der Waals surface area contributed by atoms with Gasteiger partial charge in [0.05, 0.1) is 12.7 Å². The van der Waals surface area contributed by atoms with Crippen LogP contribution < -0.4 is 4.74 Å². The second-order valence-corrected chi connectivity index (χ2v) is 5.97. The molecule has 0 radical (unpaired) electrons. The van der Waals surface area contributed by atoms with Gasteiger partial charge in [0.2, 0.25) is 0 Å². The number of fused-ring (bicyclic) bond motifs is 1. The molecule has 2 heterocycles. The first-order valence-electron chi connectivity index (χ1n) is 6.63. The molecule has 1 N–H and O–H groups in total. The molecule has 1 aromatic carbocycles. The minimum absolute atomic E-state index is 0.123.